The Labute approximate surface area is 137 Å². The maximum absolute atomic E-state index is 12.2. The molecule has 0 aliphatic rings. The van der Waals surface area contributed by atoms with E-state index >= 15 is 0 Å². The first-order chi connectivity index (χ1) is 10.0. The highest BCUT2D eigenvalue weighted by Crippen LogP contribution is 2.33. The van der Waals surface area contributed by atoms with Gasteiger partial charge in [-0.1, -0.05) is 46.9 Å². The maximum Gasteiger partial charge on any atom is 0.164 e. The summed E-state index contributed by atoms with van der Waals surface area (Å²) in [7, 11) is 0. The molecule has 5 heteroatoms. The SMILES string of the molecule is N#C[C@@H](CC(=O)c1ccc(Cl)cc1)c1cccc(Cl)c1Cl. The average molecular weight is 339 g/mol. The van der Waals surface area contributed by atoms with E-state index in [1.54, 1.807) is 42.5 Å². The molecule has 0 amide bonds. The highest BCUT2D eigenvalue weighted by molar-refractivity contribution is 6.42. The van der Waals surface area contributed by atoms with E-state index in [0.29, 0.717) is 26.2 Å². The van der Waals surface area contributed by atoms with Crippen LogP contribution in [0.3, 0.4) is 0 Å². The van der Waals surface area contributed by atoms with Crippen LogP contribution in [0.25, 0.3) is 0 Å². The summed E-state index contributed by atoms with van der Waals surface area (Å²) in [5, 5.41) is 10.5. The number of carbonyl (C=O) groups is 1. The third-order valence-corrected chi connectivity index (χ3v) is 4.15. The van der Waals surface area contributed by atoms with Gasteiger partial charge < -0.3 is 0 Å². The summed E-state index contributed by atoms with van der Waals surface area (Å²) in [6, 6.07) is 13.7. The van der Waals surface area contributed by atoms with E-state index in [1.165, 1.54) is 0 Å². The highest BCUT2D eigenvalue weighted by atomic mass is 35.5. The fourth-order valence-corrected chi connectivity index (χ4v) is 2.52. The monoisotopic (exact) mass is 337 g/mol. The minimum absolute atomic E-state index is 0.0399. The molecule has 0 spiro atoms. The molecule has 0 heterocycles. The van der Waals surface area contributed by atoms with Crippen LogP contribution in [-0.2, 0) is 0 Å². The highest BCUT2D eigenvalue weighted by Gasteiger charge is 2.20. The molecule has 0 bridgehead atoms. The Morgan fingerprint density at radius 2 is 1.76 bits per heavy atom. The molecule has 106 valence electrons. The van der Waals surface area contributed by atoms with Crippen molar-refractivity contribution >= 4 is 40.6 Å². The Kier molecular flexibility index (Phi) is 5.25. The first kappa shape index (κ1) is 15.9. The number of carbonyl (C=O) groups excluding carboxylic acids is 1. The molecule has 0 aliphatic heterocycles. The van der Waals surface area contributed by atoms with Crippen molar-refractivity contribution in [2.24, 2.45) is 0 Å². The second kappa shape index (κ2) is 6.95. The molecule has 2 rings (SSSR count). The summed E-state index contributed by atoms with van der Waals surface area (Å²) in [5.41, 5.74) is 1.08. The summed E-state index contributed by atoms with van der Waals surface area (Å²) in [5.74, 6) is -0.784. The number of Topliss-reactive ketones (excluding diaryl/α,β-unsaturated/α-hetero) is 1. The van der Waals surface area contributed by atoms with Crippen LogP contribution in [0.1, 0.15) is 28.3 Å². The number of hydrogen-bond donors (Lipinski definition) is 0. The topological polar surface area (TPSA) is 40.9 Å². The number of rotatable bonds is 4. The van der Waals surface area contributed by atoms with Crippen molar-refractivity contribution < 1.29 is 4.79 Å². The fourth-order valence-electron chi connectivity index (χ4n) is 1.95. The van der Waals surface area contributed by atoms with Crippen molar-refractivity contribution in [3.05, 3.63) is 68.7 Å². The van der Waals surface area contributed by atoms with Crippen LogP contribution >= 0.6 is 34.8 Å². The molecule has 2 aromatic rings. The van der Waals surface area contributed by atoms with Crippen molar-refractivity contribution in [2.45, 2.75) is 12.3 Å². The normalized spacial score (nSPS) is 11.7. The van der Waals surface area contributed by atoms with Crippen LogP contribution in [0.4, 0.5) is 0 Å². The van der Waals surface area contributed by atoms with Gasteiger partial charge in [-0.15, -0.1) is 0 Å². The number of hydrogen-bond acceptors (Lipinski definition) is 2. The molecule has 0 N–H and O–H groups in total. The molecule has 0 fully saturated rings. The van der Waals surface area contributed by atoms with Crippen molar-refractivity contribution in [1.29, 1.82) is 5.26 Å². The van der Waals surface area contributed by atoms with E-state index in [4.69, 9.17) is 34.8 Å². The zero-order valence-electron chi connectivity index (χ0n) is 10.8. The summed E-state index contributed by atoms with van der Waals surface area (Å²) in [6.07, 6.45) is 0.0399. The molecular formula is C16H10Cl3NO. The molecule has 21 heavy (non-hydrogen) atoms. The van der Waals surface area contributed by atoms with E-state index < -0.39 is 5.92 Å². The Balaban J connectivity index is 2.23. The third-order valence-electron chi connectivity index (χ3n) is 3.07. The number of nitrogens with zero attached hydrogens (tertiary/aromatic N) is 1. The van der Waals surface area contributed by atoms with Gasteiger partial charge in [-0.05, 0) is 35.9 Å². The minimum Gasteiger partial charge on any atom is -0.294 e. The van der Waals surface area contributed by atoms with Crippen molar-refractivity contribution in [3.8, 4) is 6.07 Å². The lowest BCUT2D eigenvalue weighted by Gasteiger charge is -2.11. The zero-order valence-corrected chi connectivity index (χ0v) is 13.1. The van der Waals surface area contributed by atoms with E-state index in [2.05, 4.69) is 6.07 Å². The molecule has 0 saturated heterocycles. The smallest absolute Gasteiger partial charge is 0.164 e. The second-order valence-corrected chi connectivity index (χ2v) is 5.68. The molecule has 0 unspecified atom stereocenters. The lowest BCUT2D eigenvalue weighted by Crippen LogP contribution is -2.07. The number of ketones is 1. The average Bonchev–Trinajstić information content (AvgIpc) is 2.48. The van der Waals surface area contributed by atoms with Gasteiger partial charge in [-0.3, -0.25) is 4.79 Å². The Morgan fingerprint density at radius 1 is 1.10 bits per heavy atom. The van der Waals surface area contributed by atoms with E-state index in [-0.39, 0.29) is 12.2 Å². The van der Waals surface area contributed by atoms with Crippen molar-refractivity contribution in [1.82, 2.24) is 0 Å². The summed E-state index contributed by atoms with van der Waals surface area (Å²) < 4.78 is 0. The standard InChI is InChI=1S/C16H10Cl3NO/c17-12-6-4-10(5-7-12)15(21)8-11(9-20)13-2-1-3-14(18)16(13)19/h1-7,11H,8H2/t11-/m1/s1. The summed E-state index contributed by atoms with van der Waals surface area (Å²) in [4.78, 5) is 12.2. The lowest BCUT2D eigenvalue weighted by atomic mass is 9.93. The number of halogens is 3. The molecule has 2 aromatic carbocycles. The Bertz CT molecular complexity index is 704. The quantitative estimate of drug-likeness (QED) is 0.688. The van der Waals surface area contributed by atoms with Crippen molar-refractivity contribution in [3.63, 3.8) is 0 Å². The molecule has 0 aliphatic carbocycles. The number of nitriles is 1. The van der Waals surface area contributed by atoms with Crippen molar-refractivity contribution in [2.75, 3.05) is 0 Å². The van der Waals surface area contributed by atoms with Crippen LogP contribution in [0.15, 0.2) is 42.5 Å². The summed E-state index contributed by atoms with van der Waals surface area (Å²) >= 11 is 17.8. The molecular weight excluding hydrogens is 329 g/mol. The second-order valence-electron chi connectivity index (χ2n) is 4.46. The van der Waals surface area contributed by atoms with Crippen LogP contribution in [0, 0.1) is 11.3 Å². The van der Waals surface area contributed by atoms with Crippen LogP contribution in [0.5, 0.6) is 0 Å². The number of benzene rings is 2. The van der Waals surface area contributed by atoms with Gasteiger partial charge in [-0.25, -0.2) is 0 Å². The molecule has 2 nitrogen and oxygen atoms in total. The largest absolute Gasteiger partial charge is 0.294 e. The predicted molar refractivity (Wildman–Crippen MR) is 85.2 cm³/mol. The van der Waals surface area contributed by atoms with Crippen LogP contribution in [-0.4, -0.2) is 5.78 Å². The van der Waals surface area contributed by atoms with Gasteiger partial charge in [0.2, 0.25) is 0 Å². The molecule has 0 radical (unpaired) electrons. The van der Waals surface area contributed by atoms with E-state index in [9.17, 15) is 10.1 Å². The first-order valence-electron chi connectivity index (χ1n) is 6.15. The fraction of sp³-hybridized carbons (Fsp3) is 0.125. The van der Waals surface area contributed by atoms with Gasteiger partial charge in [0.05, 0.1) is 22.0 Å². The van der Waals surface area contributed by atoms with Gasteiger partial charge in [-0.2, -0.15) is 5.26 Å². The maximum atomic E-state index is 12.2. The van der Waals surface area contributed by atoms with Gasteiger partial charge in [0, 0.05) is 17.0 Å². The minimum atomic E-state index is -0.639. The Hall–Kier alpha value is -1.53. The van der Waals surface area contributed by atoms with Gasteiger partial charge in [0.1, 0.15) is 0 Å². The predicted octanol–water partition coefficient (Wildman–Crippen LogP) is 5.53. The third kappa shape index (κ3) is 3.77. The van der Waals surface area contributed by atoms with Crippen LogP contribution < -0.4 is 0 Å². The van der Waals surface area contributed by atoms with Gasteiger partial charge in [0.25, 0.3) is 0 Å². The molecule has 0 saturated carbocycles. The zero-order chi connectivity index (χ0) is 15.4. The van der Waals surface area contributed by atoms with Gasteiger partial charge in [0.15, 0.2) is 5.78 Å². The Morgan fingerprint density at radius 3 is 2.38 bits per heavy atom. The van der Waals surface area contributed by atoms with E-state index in [0.717, 1.165) is 0 Å². The van der Waals surface area contributed by atoms with Crippen LogP contribution in [0.2, 0.25) is 15.1 Å². The lowest BCUT2D eigenvalue weighted by molar-refractivity contribution is 0.0979. The molecule has 1 atom stereocenters. The van der Waals surface area contributed by atoms with Gasteiger partial charge >= 0.3 is 0 Å². The summed E-state index contributed by atoms with van der Waals surface area (Å²) in [6.45, 7) is 0. The van der Waals surface area contributed by atoms with E-state index in [1.807, 2.05) is 0 Å². The molecule has 0 aromatic heterocycles. The first-order valence-corrected chi connectivity index (χ1v) is 7.28.